The molecule has 3 rings (SSSR count). The van der Waals surface area contributed by atoms with E-state index in [2.05, 4.69) is 20.9 Å². The number of guanidine groups is 1. The summed E-state index contributed by atoms with van der Waals surface area (Å²) in [7, 11) is 0. The van der Waals surface area contributed by atoms with Crippen LogP contribution in [0.3, 0.4) is 0 Å². The Labute approximate surface area is 186 Å². The summed E-state index contributed by atoms with van der Waals surface area (Å²) in [4.78, 5) is 16.3. The fraction of sp³-hybridized carbons (Fsp3) is 0.300. The van der Waals surface area contributed by atoms with Gasteiger partial charge in [0, 0.05) is 18.8 Å². The van der Waals surface area contributed by atoms with Crippen molar-refractivity contribution in [2.75, 3.05) is 31.7 Å². The fourth-order valence-electron chi connectivity index (χ4n) is 2.65. The first-order chi connectivity index (χ1) is 13.6. The van der Waals surface area contributed by atoms with Gasteiger partial charge in [-0.2, -0.15) is 0 Å². The SMILES string of the molecule is CCNC(=NCC(=O)Nc1ccc(F)cc1)NCCc1ccc2c(c1)OCO2.I. The van der Waals surface area contributed by atoms with Gasteiger partial charge in [0.2, 0.25) is 12.7 Å². The average molecular weight is 514 g/mol. The van der Waals surface area contributed by atoms with E-state index < -0.39 is 0 Å². The molecule has 0 aliphatic carbocycles. The number of nitrogens with zero attached hydrogens (tertiary/aromatic N) is 1. The lowest BCUT2D eigenvalue weighted by Gasteiger charge is -2.11. The number of amides is 1. The van der Waals surface area contributed by atoms with Crippen molar-refractivity contribution in [2.45, 2.75) is 13.3 Å². The summed E-state index contributed by atoms with van der Waals surface area (Å²) in [6.07, 6.45) is 0.767. The smallest absolute Gasteiger partial charge is 0.246 e. The lowest BCUT2D eigenvalue weighted by Crippen LogP contribution is -2.39. The second-order valence-corrected chi connectivity index (χ2v) is 6.11. The molecule has 1 amide bonds. The quantitative estimate of drug-likeness (QED) is 0.301. The molecule has 1 heterocycles. The maximum Gasteiger partial charge on any atom is 0.246 e. The molecular formula is C20H24FIN4O3. The Bertz CT molecular complexity index is 846. The zero-order valence-electron chi connectivity index (χ0n) is 16.0. The number of aliphatic imine (C=N–C) groups is 1. The third-order valence-electron chi connectivity index (χ3n) is 4.00. The Kier molecular flexibility index (Phi) is 8.97. The molecule has 0 fully saturated rings. The van der Waals surface area contributed by atoms with Gasteiger partial charge in [-0.3, -0.25) is 4.79 Å². The molecule has 0 radical (unpaired) electrons. The Hall–Kier alpha value is -2.56. The molecule has 0 atom stereocenters. The molecule has 1 aliphatic rings. The zero-order valence-corrected chi connectivity index (χ0v) is 18.4. The van der Waals surface area contributed by atoms with Crippen molar-refractivity contribution >= 4 is 41.5 Å². The summed E-state index contributed by atoms with van der Waals surface area (Å²) in [5, 5.41) is 8.98. The van der Waals surface area contributed by atoms with Gasteiger partial charge in [0.15, 0.2) is 17.5 Å². The fourth-order valence-corrected chi connectivity index (χ4v) is 2.65. The van der Waals surface area contributed by atoms with Crippen molar-refractivity contribution in [3.8, 4) is 11.5 Å². The van der Waals surface area contributed by atoms with Crippen LogP contribution < -0.4 is 25.4 Å². The summed E-state index contributed by atoms with van der Waals surface area (Å²) in [6.45, 7) is 3.49. The summed E-state index contributed by atoms with van der Waals surface area (Å²) in [6, 6.07) is 11.5. The highest BCUT2D eigenvalue weighted by atomic mass is 127. The summed E-state index contributed by atoms with van der Waals surface area (Å²) < 4.78 is 23.6. The number of ether oxygens (including phenoxy) is 2. The van der Waals surface area contributed by atoms with E-state index in [4.69, 9.17) is 9.47 Å². The molecule has 9 heteroatoms. The van der Waals surface area contributed by atoms with Gasteiger partial charge in [-0.25, -0.2) is 9.38 Å². The molecule has 2 aromatic rings. The van der Waals surface area contributed by atoms with Crippen molar-refractivity contribution in [3.05, 3.63) is 53.8 Å². The summed E-state index contributed by atoms with van der Waals surface area (Å²) in [5.74, 6) is 1.45. The minimum absolute atomic E-state index is 0. The highest BCUT2D eigenvalue weighted by molar-refractivity contribution is 14.0. The van der Waals surface area contributed by atoms with Crippen molar-refractivity contribution in [3.63, 3.8) is 0 Å². The lowest BCUT2D eigenvalue weighted by molar-refractivity contribution is -0.114. The minimum atomic E-state index is -0.350. The van der Waals surface area contributed by atoms with Crippen LogP contribution in [-0.4, -0.2) is 38.3 Å². The average Bonchev–Trinajstić information content (AvgIpc) is 3.16. The van der Waals surface area contributed by atoms with E-state index in [0.29, 0.717) is 24.7 Å². The number of rotatable bonds is 7. The molecule has 0 spiro atoms. The Balaban J connectivity index is 0.00000300. The molecule has 3 N–H and O–H groups in total. The first-order valence-electron chi connectivity index (χ1n) is 9.10. The van der Waals surface area contributed by atoms with E-state index in [1.807, 2.05) is 25.1 Å². The molecule has 0 unspecified atom stereocenters. The summed E-state index contributed by atoms with van der Waals surface area (Å²) in [5.41, 5.74) is 1.64. The van der Waals surface area contributed by atoms with Gasteiger partial charge in [0.05, 0.1) is 0 Å². The van der Waals surface area contributed by atoms with Crippen LogP contribution in [0.25, 0.3) is 0 Å². The van der Waals surface area contributed by atoms with Crippen molar-refractivity contribution < 1.29 is 18.7 Å². The van der Waals surface area contributed by atoms with E-state index in [0.717, 1.165) is 23.5 Å². The van der Waals surface area contributed by atoms with Crippen molar-refractivity contribution in [1.82, 2.24) is 10.6 Å². The van der Waals surface area contributed by atoms with Crippen LogP contribution in [0, 0.1) is 5.82 Å². The van der Waals surface area contributed by atoms with Crippen LogP contribution >= 0.6 is 24.0 Å². The third-order valence-corrected chi connectivity index (χ3v) is 4.00. The normalized spacial score (nSPS) is 12.1. The van der Waals surface area contributed by atoms with E-state index in [9.17, 15) is 9.18 Å². The number of benzene rings is 2. The molecule has 156 valence electrons. The molecular weight excluding hydrogens is 490 g/mol. The molecule has 1 aliphatic heterocycles. The molecule has 29 heavy (non-hydrogen) atoms. The van der Waals surface area contributed by atoms with Gasteiger partial charge >= 0.3 is 0 Å². The van der Waals surface area contributed by atoms with Gasteiger partial charge < -0.3 is 25.4 Å². The number of hydrogen-bond donors (Lipinski definition) is 3. The topological polar surface area (TPSA) is 84.0 Å². The monoisotopic (exact) mass is 514 g/mol. The molecule has 2 aromatic carbocycles. The highest BCUT2D eigenvalue weighted by Gasteiger charge is 2.13. The predicted molar refractivity (Wildman–Crippen MR) is 121 cm³/mol. The van der Waals surface area contributed by atoms with Gasteiger partial charge in [-0.1, -0.05) is 6.07 Å². The predicted octanol–water partition coefficient (Wildman–Crippen LogP) is 2.91. The first-order valence-corrected chi connectivity index (χ1v) is 9.10. The Morgan fingerprint density at radius 1 is 1.10 bits per heavy atom. The van der Waals surface area contributed by atoms with E-state index in [1.165, 1.54) is 24.3 Å². The third kappa shape index (κ3) is 7.08. The van der Waals surface area contributed by atoms with Crippen LogP contribution in [0.2, 0.25) is 0 Å². The standard InChI is InChI=1S/C20H23FN4O3.HI/c1-2-22-20(24-12-19(26)25-16-6-4-15(21)5-7-16)23-10-9-14-3-8-17-18(11-14)28-13-27-17;/h3-8,11H,2,9-10,12-13H2,1H3,(H,25,26)(H2,22,23,24);1H. The molecule has 0 bridgehead atoms. The number of carbonyl (C=O) groups is 1. The first kappa shape index (κ1) is 22.7. The summed E-state index contributed by atoms with van der Waals surface area (Å²) >= 11 is 0. The molecule has 0 aromatic heterocycles. The Morgan fingerprint density at radius 2 is 1.86 bits per heavy atom. The van der Waals surface area contributed by atoms with Gasteiger partial charge in [-0.15, -0.1) is 24.0 Å². The largest absolute Gasteiger partial charge is 0.454 e. The van der Waals surface area contributed by atoms with Crippen LogP contribution in [0.4, 0.5) is 10.1 Å². The number of halogens is 2. The second kappa shape index (κ2) is 11.4. The molecule has 0 saturated carbocycles. The number of fused-ring (bicyclic) bond motifs is 1. The highest BCUT2D eigenvalue weighted by Crippen LogP contribution is 2.32. The zero-order chi connectivity index (χ0) is 19.8. The number of carbonyl (C=O) groups excluding carboxylic acids is 1. The number of nitrogens with one attached hydrogen (secondary N) is 3. The van der Waals surface area contributed by atoms with E-state index in [1.54, 1.807) is 0 Å². The second-order valence-electron chi connectivity index (χ2n) is 6.11. The van der Waals surface area contributed by atoms with Gasteiger partial charge in [0.25, 0.3) is 0 Å². The minimum Gasteiger partial charge on any atom is -0.454 e. The van der Waals surface area contributed by atoms with Crippen molar-refractivity contribution in [2.24, 2.45) is 4.99 Å². The molecule has 7 nitrogen and oxygen atoms in total. The van der Waals surface area contributed by atoms with E-state index >= 15 is 0 Å². The van der Waals surface area contributed by atoms with Gasteiger partial charge in [-0.05, 0) is 55.3 Å². The maximum atomic E-state index is 12.9. The van der Waals surface area contributed by atoms with Crippen molar-refractivity contribution in [1.29, 1.82) is 0 Å². The van der Waals surface area contributed by atoms with Crippen LogP contribution in [-0.2, 0) is 11.2 Å². The number of anilines is 1. The Morgan fingerprint density at radius 3 is 2.62 bits per heavy atom. The molecule has 0 saturated heterocycles. The van der Waals surface area contributed by atoms with Crippen LogP contribution in [0.15, 0.2) is 47.5 Å². The van der Waals surface area contributed by atoms with Gasteiger partial charge in [0.1, 0.15) is 12.4 Å². The maximum absolute atomic E-state index is 12.9. The van der Waals surface area contributed by atoms with Crippen LogP contribution in [0.1, 0.15) is 12.5 Å². The number of hydrogen-bond acceptors (Lipinski definition) is 4. The lowest BCUT2D eigenvalue weighted by atomic mass is 10.1. The van der Waals surface area contributed by atoms with Crippen LogP contribution in [0.5, 0.6) is 11.5 Å². The van der Waals surface area contributed by atoms with E-state index in [-0.39, 0.29) is 49.0 Å².